The largest absolute Gasteiger partial charge is 0.469 e. The number of furan rings is 1. The highest BCUT2D eigenvalue weighted by Crippen LogP contribution is 2.12. The molecule has 2 aromatic rings. The van der Waals surface area contributed by atoms with Gasteiger partial charge in [-0.1, -0.05) is 0 Å². The predicted molar refractivity (Wildman–Crippen MR) is 86.2 cm³/mol. The molecule has 23 heavy (non-hydrogen) atoms. The predicted octanol–water partition coefficient (Wildman–Crippen LogP) is 1.53. The van der Waals surface area contributed by atoms with Crippen molar-refractivity contribution in [2.24, 2.45) is 0 Å². The number of nitrogens with one attached hydrogen (secondary N) is 1. The molecule has 7 nitrogen and oxygen atoms in total. The van der Waals surface area contributed by atoms with Crippen molar-refractivity contribution >= 4 is 11.8 Å². The maximum atomic E-state index is 12.3. The van der Waals surface area contributed by atoms with Gasteiger partial charge in [0.1, 0.15) is 11.6 Å². The van der Waals surface area contributed by atoms with E-state index >= 15 is 0 Å². The highest BCUT2D eigenvalue weighted by molar-refractivity contribution is 5.74. The summed E-state index contributed by atoms with van der Waals surface area (Å²) in [5.41, 5.74) is 0. The van der Waals surface area contributed by atoms with Crippen LogP contribution in [0.1, 0.15) is 12.7 Å². The third-order valence-electron chi connectivity index (χ3n) is 3.90. The molecule has 1 atom stereocenters. The highest BCUT2D eigenvalue weighted by atomic mass is 16.3. The van der Waals surface area contributed by atoms with Crippen LogP contribution in [0.4, 0.5) is 10.6 Å². The maximum Gasteiger partial charge on any atom is 0.317 e. The van der Waals surface area contributed by atoms with Crippen molar-refractivity contribution in [3.05, 3.63) is 42.7 Å². The minimum Gasteiger partial charge on any atom is -0.469 e. The summed E-state index contributed by atoms with van der Waals surface area (Å²) < 4.78 is 5.31. The number of aromatic nitrogens is 2. The number of rotatable bonds is 4. The lowest BCUT2D eigenvalue weighted by molar-refractivity contribution is 0.190. The first-order valence-electron chi connectivity index (χ1n) is 7.81. The molecule has 1 fully saturated rings. The zero-order chi connectivity index (χ0) is 16.1. The second kappa shape index (κ2) is 7.13. The number of hydrogen-bond acceptors (Lipinski definition) is 5. The lowest BCUT2D eigenvalue weighted by Gasteiger charge is -2.35. The van der Waals surface area contributed by atoms with Gasteiger partial charge < -0.3 is 19.5 Å². The van der Waals surface area contributed by atoms with Crippen LogP contribution in [0.15, 0.2) is 41.4 Å². The van der Waals surface area contributed by atoms with E-state index in [1.807, 2.05) is 24.0 Å². The fourth-order valence-electron chi connectivity index (χ4n) is 2.68. The van der Waals surface area contributed by atoms with Crippen LogP contribution < -0.4 is 10.2 Å². The Morgan fingerprint density at radius 2 is 2.17 bits per heavy atom. The van der Waals surface area contributed by atoms with Gasteiger partial charge in [0.2, 0.25) is 0 Å². The Morgan fingerprint density at radius 3 is 2.83 bits per heavy atom. The molecule has 0 aliphatic carbocycles. The van der Waals surface area contributed by atoms with E-state index in [9.17, 15) is 4.79 Å². The molecular weight excluding hydrogens is 294 g/mol. The number of amides is 2. The summed E-state index contributed by atoms with van der Waals surface area (Å²) in [6.45, 7) is 4.86. The summed E-state index contributed by atoms with van der Waals surface area (Å²) >= 11 is 0. The van der Waals surface area contributed by atoms with Gasteiger partial charge in [-0.3, -0.25) is 4.98 Å². The van der Waals surface area contributed by atoms with Crippen molar-refractivity contribution in [3.63, 3.8) is 0 Å². The molecular formula is C16H21N5O2. The van der Waals surface area contributed by atoms with Crippen molar-refractivity contribution in [2.45, 2.75) is 19.4 Å². The normalized spacial score (nSPS) is 16.2. The number of carbonyl (C=O) groups excluding carboxylic acids is 1. The van der Waals surface area contributed by atoms with Crippen LogP contribution in [-0.2, 0) is 6.42 Å². The second-order valence-corrected chi connectivity index (χ2v) is 5.67. The van der Waals surface area contributed by atoms with E-state index in [2.05, 4.69) is 20.2 Å². The summed E-state index contributed by atoms with van der Waals surface area (Å²) in [7, 11) is 0. The second-order valence-electron chi connectivity index (χ2n) is 5.67. The van der Waals surface area contributed by atoms with Crippen LogP contribution in [0.5, 0.6) is 0 Å². The summed E-state index contributed by atoms with van der Waals surface area (Å²) in [5, 5.41) is 3.02. The Bertz CT molecular complexity index is 609. The molecule has 3 heterocycles. The lowest BCUT2D eigenvalue weighted by atomic mass is 10.2. The molecule has 0 radical (unpaired) electrons. The van der Waals surface area contributed by atoms with Crippen molar-refractivity contribution < 1.29 is 9.21 Å². The van der Waals surface area contributed by atoms with E-state index in [0.29, 0.717) is 19.5 Å². The molecule has 1 aliphatic heterocycles. The summed E-state index contributed by atoms with van der Waals surface area (Å²) in [4.78, 5) is 24.7. The summed E-state index contributed by atoms with van der Waals surface area (Å²) in [6.07, 6.45) is 7.44. The monoisotopic (exact) mass is 315 g/mol. The molecule has 3 rings (SSSR count). The standard InChI is InChI=1S/C16H21N5O2/c1-13(11-14-3-2-10-23-14)19-16(22)21-8-6-20(7-9-21)15-12-17-4-5-18-15/h2-5,10,12-13H,6-9,11H2,1H3,(H,19,22)/t13-/m1/s1. The first kappa shape index (κ1) is 15.3. The molecule has 2 aromatic heterocycles. The molecule has 2 amide bonds. The van der Waals surface area contributed by atoms with Gasteiger partial charge >= 0.3 is 6.03 Å². The van der Waals surface area contributed by atoms with Gasteiger partial charge in [-0.15, -0.1) is 0 Å². The lowest BCUT2D eigenvalue weighted by Crippen LogP contribution is -2.53. The third kappa shape index (κ3) is 4.00. The van der Waals surface area contributed by atoms with Crippen LogP contribution in [0.3, 0.4) is 0 Å². The molecule has 1 saturated heterocycles. The van der Waals surface area contributed by atoms with E-state index in [0.717, 1.165) is 24.7 Å². The molecule has 1 aliphatic rings. The van der Waals surface area contributed by atoms with E-state index in [1.165, 1.54) is 0 Å². The zero-order valence-electron chi connectivity index (χ0n) is 13.2. The van der Waals surface area contributed by atoms with Gasteiger partial charge in [-0.2, -0.15) is 0 Å². The Morgan fingerprint density at radius 1 is 1.35 bits per heavy atom. The van der Waals surface area contributed by atoms with Crippen LogP contribution in [-0.4, -0.2) is 53.1 Å². The quantitative estimate of drug-likeness (QED) is 0.926. The number of piperazine rings is 1. The number of urea groups is 1. The van der Waals surface area contributed by atoms with Crippen molar-refractivity contribution in [2.75, 3.05) is 31.1 Å². The SMILES string of the molecule is C[C@H](Cc1ccco1)NC(=O)N1CCN(c2cnccn2)CC1. The van der Waals surface area contributed by atoms with Gasteiger partial charge in [0, 0.05) is 51.0 Å². The summed E-state index contributed by atoms with van der Waals surface area (Å²) in [5.74, 6) is 1.74. The Balaban J connectivity index is 1.46. The number of nitrogens with zero attached hydrogens (tertiary/aromatic N) is 4. The third-order valence-corrected chi connectivity index (χ3v) is 3.90. The van der Waals surface area contributed by atoms with E-state index < -0.39 is 0 Å². The Labute approximate surface area is 135 Å². The first-order valence-corrected chi connectivity index (χ1v) is 7.81. The number of hydrogen-bond donors (Lipinski definition) is 1. The Kier molecular flexibility index (Phi) is 4.75. The topological polar surface area (TPSA) is 74.5 Å². The number of carbonyl (C=O) groups is 1. The van der Waals surface area contributed by atoms with Crippen LogP contribution in [0, 0.1) is 0 Å². The van der Waals surface area contributed by atoms with Gasteiger partial charge in [0.25, 0.3) is 0 Å². The average molecular weight is 315 g/mol. The molecule has 0 saturated carbocycles. The average Bonchev–Trinajstić information content (AvgIpc) is 3.08. The molecule has 0 unspecified atom stereocenters. The molecule has 1 N–H and O–H groups in total. The fraction of sp³-hybridized carbons (Fsp3) is 0.438. The van der Waals surface area contributed by atoms with Crippen LogP contribution >= 0.6 is 0 Å². The summed E-state index contributed by atoms with van der Waals surface area (Å²) in [6, 6.07) is 3.78. The van der Waals surface area contributed by atoms with Gasteiger partial charge in [-0.25, -0.2) is 9.78 Å². The molecule has 0 aromatic carbocycles. The zero-order valence-corrected chi connectivity index (χ0v) is 13.2. The van der Waals surface area contributed by atoms with Crippen molar-refractivity contribution in [1.29, 1.82) is 0 Å². The van der Waals surface area contributed by atoms with Gasteiger partial charge in [0.15, 0.2) is 0 Å². The smallest absolute Gasteiger partial charge is 0.317 e. The molecule has 0 bridgehead atoms. The minimum atomic E-state index is -0.0251. The highest BCUT2D eigenvalue weighted by Gasteiger charge is 2.23. The van der Waals surface area contributed by atoms with Crippen molar-refractivity contribution in [1.82, 2.24) is 20.2 Å². The van der Waals surface area contributed by atoms with Gasteiger partial charge in [-0.05, 0) is 19.1 Å². The molecule has 7 heteroatoms. The molecule has 0 spiro atoms. The number of anilines is 1. The Hall–Kier alpha value is -2.57. The van der Waals surface area contributed by atoms with Crippen LogP contribution in [0.25, 0.3) is 0 Å². The molecule has 122 valence electrons. The van der Waals surface area contributed by atoms with Crippen molar-refractivity contribution in [3.8, 4) is 0 Å². The fourth-order valence-corrected chi connectivity index (χ4v) is 2.68. The van der Waals surface area contributed by atoms with E-state index in [4.69, 9.17) is 4.42 Å². The first-order chi connectivity index (χ1) is 11.2. The minimum absolute atomic E-state index is 0.0251. The van der Waals surface area contributed by atoms with Gasteiger partial charge in [0.05, 0.1) is 12.5 Å². The maximum absolute atomic E-state index is 12.3. The van der Waals surface area contributed by atoms with E-state index in [1.54, 1.807) is 24.9 Å². The van der Waals surface area contributed by atoms with Crippen LogP contribution in [0.2, 0.25) is 0 Å². The van der Waals surface area contributed by atoms with E-state index in [-0.39, 0.29) is 12.1 Å².